The minimum atomic E-state index is 0.132. The van der Waals surface area contributed by atoms with E-state index in [1.165, 1.54) is 11.3 Å². The monoisotopic (exact) mass is 222 g/mol. The summed E-state index contributed by atoms with van der Waals surface area (Å²) in [5.74, 6) is 0.665. The highest BCUT2D eigenvalue weighted by molar-refractivity contribution is 7.18. The summed E-state index contributed by atoms with van der Waals surface area (Å²) in [6.45, 7) is 0. The molecule has 1 nitrogen and oxygen atoms in total. The van der Waals surface area contributed by atoms with Crippen LogP contribution in [-0.4, -0.2) is 11.7 Å². The summed E-state index contributed by atoms with van der Waals surface area (Å²) in [7, 11) is 0. The van der Waals surface area contributed by atoms with Gasteiger partial charge in [0.1, 0.15) is 0 Å². The van der Waals surface area contributed by atoms with Crippen molar-refractivity contribution in [3.8, 4) is 0 Å². The molecule has 0 aliphatic heterocycles. The number of carbonyl (C=O) groups excluding carboxylic acids is 1. The molecule has 1 rings (SSSR count). The average Bonchev–Trinajstić information content (AvgIpc) is 2.47. The number of alkyl halides is 1. The van der Waals surface area contributed by atoms with Crippen LogP contribution in [0.25, 0.3) is 0 Å². The normalized spacial score (nSPS) is 10.2. The van der Waals surface area contributed by atoms with Crippen LogP contribution < -0.4 is 0 Å². The molecule has 0 bridgehead atoms. The third-order valence-electron chi connectivity index (χ3n) is 1.39. The first-order valence-corrected chi connectivity index (χ1v) is 5.31. The zero-order valence-corrected chi connectivity index (χ0v) is 8.68. The molecule has 0 radical (unpaired) electrons. The third kappa shape index (κ3) is 2.77. The second-order valence-electron chi connectivity index (χ2n) is 2.32. The fourth-order valence-corrected chi connectivity index (χ4v) is 1.96. The predicted octanol–water partition coefficient (Wildman–Crippen LogP) is 3.60. The molecule has 1 aromatic heterocycles. The Kier molecular flexibility index (Phi) is 4.06. The average molecular weight is 223 g/mol. The minimum absolute atomic E-state index is 0.132. The van der Waals surface area contributed by atoms with Gasteiger partial charge >= 0.3 is 0 Å². The van der Waals surface area contributed by atoms with Crippen LogP contribution in [0.3, 0.4) is 0 Å². The van der Waals surface area contributed by atoms with E-state index in [-0.39, 0.29) is 5.78 Å². The van der Waals surface area contributed by atoms with Crippen LogP contribution in [-0.2, 0) is 0 Å². The minimum Gasteiger partial charge on any atom is -0.293 e. The summed E-state index contributed by atoms with van der Waals surface area (Å²) >= 11 is 12.5. The van der Waals surface area contributed by atoms with Crippen molar-refractivity contribution < 1.29 is 4.79 Å². The van der Waals surface area contributed by atoms with Gasteiger partial charge in [0.25, 0.3) is 0 Å². The van der Waals surface area contributed by atoms with Crippen LogP contribution in [0, 0.1) is 0 Å². The number of halogens is 2. The standard InChI is InChI=1S/C8H8Cl2OS/c9-5-1-2-6(11)7-3-4-8(10)12-7/h3-4H,1-2,5H2. The lowest BCUT2D eigenvalue weighted by atomic mass is 10.2. The fourth-order valence-electron chi connectivity index (χ4n) is 0.815. The zero-order chi connectivity index (χ0) is 8.97. The lowest BCUT2D eigenvalue weighted by Crippen LogP contribution is -1.95. The molecule has 0 saturated carbocycles. The molecular formula is C8H8Cl2OS. The molecule has 0 fully saturated rings. The summed E-state index contributed by atoms with van der Waals surface area (Å²) in [5.41, 5.74) is 0. The van der Waals surface area contributed by atoms with E-state index in [1.807, 2.05) is 0 Å². The van der Waals surface area contributed by atoms with Crippen molar-refractivity contribution in [3.63, 3.8) is 0 Å². The van der Waals surface area contributed by atoms with Crippen LogP contribution in [0.15, 0.2) is 12.1 Å². The molecule has 0 atom stereocenters. The summed E-state index contributed by atoms with van der Waals surface area (Å²) in [4.78, 5) is 12.0. The van der Waals surface area contributed by atoms with Crippen molar-refractivity contribution in [2.24, 2.45) is 0 Å². The van der Waals surface area contributed by atoms with E-state index in [0.717, 1.165) is 11.3 Å². The smallest absolute Gasteiger partial charge is 0.172 e. The number of rotatable bonds is 4. The zero-order valence-electron chi connectivity index (χ0n) is 6.35. The number of thiophene rings is 1. The van der Waals surface area contributed by atoms with Crippen molar-refractivity contribution in [1.29, 1.82) is 0 Å². The molecule has 0 aromatic carbocycles. The lowest BCUT2D eigenvalue weighted by Gasteiger charge is -1.92. The van der Waals surface area contributed by atoms with Crippen LogP contribution in [0.1, 0.15) is 22.5 Å². The van der Waals surface area contributed by atoms with E-state index in [4.69, 9.17) is 23.2 Å². The number of hydrogen-bond donors (Lipinski definition) is 0. The highest BCUT2D eigenvalue weighted by Gasteiger charge is 2.07. The van der Waals surface area contributed by atoms with Crippen molar-refractivity contribution in [3.05, 3.63) is 21.3 Å². The maximum Gasteiger partial charge on any atom is 0.172 e. The van der Waals surface area contributed by atoms with E-state index in [2.05, 4.69) is 0 Å². The molecule has 1 aromatic rings. The largest absolute Gasteiger partial charge is 0.293 e. The topological polar surface area (TPSA) is 17.1 Å². The van der Waals surface area contributed by atoms with E-state index in [9.17, 15) is 4.79 Å². The summed E-state index contributed by atoms with van der Waals surface area (Å²) in [5, 5.41) is 0. The molecule has 0 aliphatic carbocycles. The van der Waals surface area contributed by atoms with Gasteiger partial charge in [-0.25, -0.2) is 0 Å². The Labute approximate surface area is 85.3 Å². The van der Waals surface area contributed by atoms with Gasteiger partial charge in [0.2, 0.25) is 0 Å². The second kappa shape index (κ2) is 4.85. The van der Waals surface area contributed by atoms with Gasteiger partial charge < -0.3 is 0 Å². The van der Waals surface area contributed by atoms with Gasteiger partial charge in [-0.2, -0.15) is 0 Å². The summed E-state index contributed by atoms with van der Waals surface area (Å²) < 4.78 is 0.657. The Bertz CT molecular complexity index is 270. The highest BCUT2D eigenvalue weighted by atomic mass is 35.5. The Morgan fingerprint density at radius 2 is 2.25 bits per heavy atom. The molecule has 0 spiro atoms. The van der Waals surface area contributed by atoms with Gasteiger partial charge in [-0.3, -0.25) is 4.79 Å². The van der Waals surface area contributed by atoms with Gasteiger partial charge in [0.15, 0.2) is 5.78 Å². The highest BCUT2D eigenvalue weighted by Crippen LogP contribution is 2.22. The fraction of sp³-hybridized carbons (Fsp3) is 0.375. The predicted molar refractivity (Wildman–Crippen MR) is 53.6 cm³/mol. The van der Waals surface area contributed by atoms with Crippen molar-refractivity contribution in [2.75, 3.05) is 5.88 Å². The van der Waals surface area contributed by atoms with Crippen molar-refractivity contribution in [1.82, 2.24) is 0 Å². The van der Waals surface area contributed by atoms with E-state index < -0.39 is 0 Å². The maximum atomic E-state index is 11.3. The van der Waals surface area contributed by atoms with Gasteiger partial charge in [-0.1, -0.05) is 11.6 Å². The quantitative estimate of drug-likeness (QED) is 0.563. The molecule has 66 valence electrons. The SMILES string of the molecule is O=C(CCCCl)c1ccc(Cl)s1. The van der Waals surface area contributed by atoms with Crippen molar-refractivity contribution in [2.45, 2.75) is 12.8 Å². The molecule has 0 N–H and O–H groups in total. The first-order chi connectivity index (χ1) is 5.74. The van der Waals surface area contributed by atoms with Gasteiger partial charge in [-0.15, -0.1) is 22.9 Å². The van der Waals surface area contributed by atoms with Crippen LogP contribution in [0.2, 0.25) is 4.34 Å². The maximum absolute atomic E-state index is 11.3. The number of Topliss-reactive ketones (excluding diaryl/α,β-unsaturated/α-hetero) is 1. The van der Waals surface area contributed by atoms with Gasteiger partial charge in [0, 0.05) is 12.3 Å². The van der Waals surface area contributed by atoms with Crippen LogP contribution >= 0.6 is 34.5 Å². The first-order valence-electron chi connectivity index (χ1n) is 3.58. The Balaban J connectivity index is 2.53. The first kappa shape index (κ1) is 10.0. The molecule has 0 aliphatic rings. The molecular weight excluding hydrogens is 215 g/mol. The molecule has 12 heavy (non-hydrogen) atoms. The van der Waals surface area contributed by atoms with E-state index in [0.29, 0.717) is 16.6 Å². The Hall–Kier alpha value is -0.0500. The summed E-state index contributed by atoms with van der Waals surface area (Å²) in [6, 6.07) is 3.49. The number of carbonyl (C=O) groups is 1. The molecule has 0 saturated heterocycles. The van der Waals surface area contributed by atoms with E-state index >= 15 is 0 Å². The van der Waals surface area contributed by atoms with Crippen LogP contribution in [0.5, 0.6) is 0 Å². The van der Waals surface area contributed by atoms with Gasteiger partial charge in [-0.05, 0) is 18.6 Å². The molecule has 0 amide bonds. The Morgan fingerprint density at radius 3 is 2.75 bits per heavy atom. The molecule has 1 heterocycles. The Morgan fingerprint density at radius 1 is 1.50 bits per heavy atom. The third-order valence-corrected chi connectivity index (χ3v) is 2.92. The van der Waals surface area contributed by atoms with E-state index in [1.54, 1.807) is 12.1 Å². The lowest BCUT2D eigenvalue weighted by molar-refractivity contribution is 0.0986. The second-order valence-corrected chi connectivity index (χ2v) is 4.41. The summed E-state index contributed by atoms with van der Waals surface area (Å²) in [6.07, 6.45) is 1.25. The van der Waals surface area contributed by atoms with Crippen LogP contribution in [0.4, 0.5) is 0 Å². The number of ketones is 1. The number of hydrogen-bond acceptors (Lipinski definition) is 2. The van der Waals surface area contributed by atoms with Crippen molar-refractivity contribution >= 4 is 40.3 Å². The molecule has 4 heteroatoms. The van der Waals surface area contributed by atoms with Gasteiger partial charge in [0.05, 0.1) is 9.21 Å². The molecule has 0 unspecified atom stereocenters.